The Labute approximate surface area is 74.9 Å². The van der Waals surface area contributed by atoms with E-state index in [1.807, 2.05) is 0 Å². The van der Waals surface area contributed by atoms with Crippen molar-refractivity contribution in [3.63, 3.8) is 0 Å². The van der Waals surface area contributed by atoms with Crippen LogP contribution in [0.5, 0.6) is 0 Å². The van der Waals surface area contributed by atoms with E-state index in [0.29, 0.717) is 6.54 Å². The highest BCUT2D eigenvalue weighted by molar-refractivity contribution is 5.51. The molecule has 0 unspecified atom stereocenters. The Hall–Kier alpha value is -0.370. The lowest BCUT2D eigenvalue weighted by atomic mass is 9.87. The zero-order valence-electron chi connectivity index (χ0n) is 8.12. The molecule has 0 atom stereocenters. The average Bonchev–Trinajstić information content (AvgIpc) is 2.06. The maximum absolute atomic E-state index is 10.2. The molecule has 0 bridgehead atoms. The number of nitrogens with zero attached hydrogens (tertiary/aromatic N) is 1. The third-order valence-corrected chi connectivity index (χ3v) is 2.91. The zero-order chi connectivity index (χ0) is 8.97. The van der Waals surface area contributed by atoms with Crippen molar-refractivity contribution in [1.29, 1.82) is 0 Å². The standard InChI is InChI=1S/C10H19NO/c1-9(2)10-3-5-11(6-4-10)7-8-12/h8-10H,3-7H2,1-2H3. The maximum atomic E-state index is 10.2. The van der Waals surface area contributed by atoms with E-state index in [0.717, 1.165) is 31.2 Å². The first-order valence-electron chi connectivity index (χ1n) is 4.90. The number of rotatable bonds is 3. The van der Waals surface area contributed by atoms with Gasteiger partial charge in [-0.05, 0) is 37.8 Å². The predicted octanol–water partition coefficient (Wildman–Crippen LogP) is 1.55. The normalized spacial score (nSPS) is 21.6. The minimum Gasteiger partial charge on any atom is -0.302 e. The van der Waals surface area contributed by atoms with Gasteiger partial charge in [-0.15, -0.1) is 0 Å². The minimum absolute atomic E-state index is 0.630. The average molecular weight is 169 g/mol. The summed E-state index contributed by atoms with van der Waals surface area (Å²) in [5.74, 6) is 1.69. The fourth-order valence-electron chi connectivity index (χ4n) is 1.91. The molecule has 1 heterocycles. The number of carbonyl (C=O) groups is 1. The summed E-state index contributed by atoms with van der Waals surface area (Å²) in [6, 6.07) is 0. The molecule has 0 radical (unpaired) electrons. The van der Waals surface area contributed by atoms with E-state index in [2.05, 4.69) is 18.7 Å². The summed E-state index contributed by atoms with van der Waals surface area (Å²) in [4.78, 5) is 12.5. The highest BCUT2D eigenvalue weighted by Crippen LogP contribution is 2.23. The highest BCUT2D eigenvalue weighted by Gasteiger charge is 2.20. The number of aldehydes is 1. The van der Waals surface area contributed by atoms with Gasteiger partial charge >= 0.3 is 0 Å². The lowest BCUT2D eigenvalue weighted by molar-refractivity contribution is -0.109. The van der Waals surface area contributed by atoms with Crippen molar-refractivity contribution in [3.8, 4) is 0 Å². The summed E-state index contributed by atoms with van der Waals surface area (Å²) >= 11 is 0. The second kappa shape index (κ2) is 4.61. The fraction of sp³-hybridized carbons (Fsp3) is 0.900. The monoisotopic (exact) mass is 169 g/mol. The molecule has 1 aliphatic rings. The molecule has 0 aromatic carbocycles. The van der Waals surface area contributed by atoms with Crippen molar-refractivity contribution in [2.75, 3.05) is 19.6 Å². The second-order valence-corrected chi connectivity index (χ2v) is 4.05. The van der Waals surface area contributed by atoms with Crippen molar-refractivity contribution in [1.82, 2.24) is 4.90 Å². The summed E-state index contributed by atoms with van der Waals surface area (Å²) in [5.41, 5.74) is 0. The highest BCUT2D eigenvalue weighted by atomic mass is 16.1. The van der Waals surface area contributed by atoms with Gasteiger partial charge in [0.1, 0.15) is 6.29 Å². The van der Waals surface area contributed by atoms with Crippen LogP contribution < -0.4 is 0 Å². The van der Waals surface area contributed by atoms with E-state index in [9.17, 15) is 4.79 Å². The molecule has 0 spiro atoms. The van der Waals surface area contributed by atoms with Gasteiger partial charge in [0.15, 0.2) is 0 Å². The van der Waals surface area contributed by atoms with Crippen LogP contribution in [-0.4, -0.2) is 30.8 Å². The number of likely N-dealkylation sites (tertiary alicyclic amines) is 1. The van der Waals surface area contributed by atoms with Crippen LogP contribution in [0.4, 0.5) is 0 Å². The molecule has 0 saturated carbocycles. The van der Waals surface area contributed by atoms with Gasteiger partial charge in [-0.2, -0.15) is 0 Å². The van der Waals surface area contributed by atoms with Gasteiger partial charge in [0.2, 0.25) is 0 Å². The molecule has 0 N–H and O–H groups in total. The predicted molar refractivity (Wildman–Crippen MR) is 50.1 cm³/mol. The van der Waals surface area contributed by atoms with Crippen molar-refractivity contribution in [2.45, 2.75) is 26.7 Å². The molecule has 12 heavy (non-hydrogen) atoms. The van der Waals surface area contributed by atoms with E-state index in [1.54, 1.807) is 0 Å². The largest absolute Gasteiger partial charge is 0.302 e. The molecule has 2 heteroatoms. The second-order valence-electron chi connectivity index (χ2n) is 4.05. The van der Waals surface area contributed by atoms with E-state index < -0.39 is 0 Å². The quantitative estimate of drug-likeness (QED) is 0.597. The molecular weight excluding hydrogens is 150 g/mol. The molecular formula is C10H19NO. The topological polar surface area (TPSA) is 20.3 Å². The molecule has 1 fully saturated rings. The van der Waals surface area contributed by atoms with Gasteiger partial charge < -0.3 is 4.79 Å². The van der Waals surface area contributed by atoms with Gasteiger partial charge in [-0.1, -0.05) is 13.8 Å². The number of hydrogen-bond donors (Lipinski definition) is 0. The number of hydrogen-bond acceptors (Lipinski definition) is 2. The Kier molecular flexibility index (Phi) is 3.73. The first-order chi connectivity index (χ1) is 5.74. The Balaban J connectivity index is 2.24. The molecule has 0 amide bonds. The summed E-state index contributed by atoms with van der Waals surface area (Å²) in [5, 5.41) is 0. The molecule has 1 rings (SSSR count). The summed E-state index contributed by atoms with van der Waals surface area (Å²) in [7, 11) is 0. The molecule has 1 aliphatic heterocycles. The van der Waals surface area contributed by atoms with Gasteiger partial charge in [0.25, 0.3) is 0 Å². The van der Waals surface area contributed by atoms with Crippen LogP contribution in [0.3, 0.4) is 0 Å². The van der Waals surface area contributed by atoms with Gasteiger partial charge in [0.05, 0.1) is 6.54 Å². The zero-order valence-corrected chi connectivity index (χ0v) is 8.12. The molecule has 1 saturated heterocycles. The Morgan fingerprint density at radius 3 is 2.42 bits per heavy atom. The van der Waals surface area contributed by atoms with E-state index in [-0.39, 0.29) is 0 Å². The Bertz CT molecular complexity index is 137. The van der Waals surface area contributed by atoms with Gasteiger partial charge in [-0.25, -0.2) is 0 Å². The first kappa shape index (κ1) is 9.72. The van der Waals surface area contributed by atoms with Crippen molar-refractivity contribution in [3.05, 3.63) is 0 Å². The summed E-state index contributed by atoms with van der Waals surface area (Å²) in [6.07, 6.45) is 3.55. The van der Waals surface area contributed by atoms with Crippen molar-refractivity contribution in [2.24, 2.45) is 11.8 Å². The van der Waals surface area contributed by atoms with E-state index >= 15 is 0 Å². The molecule has 0 aliphatic carbocycles. The number of carbonyl (C=O) groups excluding carboxylic acids is 1. The van der Waals surface area contributed by atoms with Gasteiger partial charge in [-0.3, -0.25) is 4.90 Å². The summed E-state index contributed by atoms with van der Waals surface area (Å²) < 4.78 is 0. The van der Waals surface area contributed by atoms with Crippen molar-refractivity contribution < 1.29 is 4.79 Å². The minimum atomic E-state index is 0.630. The van der Waals surface area contributed by atoms with Crippen LogP contribution in [0.1, 0.15) is 26.7 Å². The van der Waals surface area contributed by atoms with Crippen LogP contribution in [0.25, 0.3) is 0 Å². The Morgan fingerprint density at radius 1 is 1.42 bits per heavy atom. The fourth-order valence-corrected chi connectivity index (χ4v) is 1.91. The maximum Gasteiger partial charge on any atom is 0.133 e. The first-order valence-corrected chi connectivity index (χ1v) is 4.90. The van der Waals surface area contributed by atoms with Gasteiger partial charge in [0, 0.05) is 0 Å². The Morgan fingerprint density at radius 2 is 2.00 bits per heavy atom. The van der Waals surface area contributed by atoms with Crippen LogP contribution >= 0.6 is 0 Å². The lowest BCUT2D eigenvalue weighted by Crippen LogP contribution is -2.36. The SMILES string of the molecule is CC(C)C1CCN(CC=O)CC1. The van der Waals surface area contributed by atoms with Crippen LogP contribution in [0.2, 0.25) is 0 Å². The molecule has 2 nitrogen and oxygen atoms in total. The lowest BCUT2D eigenvalue weighted by Gasteiger charge is -2.32. The van der Waals surface area contributed by atoms with Crippen LogP contribution in [0, 0.1) is 11.8 Å². The third-order valence-electron chi connectivity index (χ3n) is 2.91. The van der Waals surface area contributed by atoms with Crippen LogP contribution in [0.15, 0.2) is 0 Å². The number of piperidine rings is 1. The van der Waals surface area contributed by atoms with Crippen molar-refractivity contribution >= 4 is 6.29 Å². The van der Waals surface area contributed by atoms with Crippen LogP contribution in [-0.2, 0) is 4.79 Å². The molecule has 0 aromatic heterocycles. The van der Waals surface area contributed by atoms with E-state index in [4.69, 9.17) is 0 Å². The smallest absolute Gasteiger partial charge is 0.133 e. The summed E-state index contributed by atoms with van der Waals surface area (Å²) in [6.45, 7) is 7.44. The molecule has 0 aromatic rings. The van der Waals surface area contributed by atoms with E-state index in [1.165, 1.54) is 12.8 Å². The third kappa shape index (κ3) is 2.59. The molecule has 70 valence electrons.